The molecule has 10 rings (SSSR count). The second-order valence-corrected chi connectivity index (χ2v) is 13.5. The van der Waals surface area contributed by atoms with Gasteiger partial charge in [-0.15, -0.1) is 16.4 Å². The molecule has 0 atom stereocenters. The van der Waals surface area contributed by atoms with E-state index in [-0.39, 0.29) is 27.3 Å². The van der Waals surface area contributed by atoms with Crippen molar-refractivity contribution < 1.29 is 4.42 Å². The van der Waals surface area contributed by atoms with Crippen LogP contribution < -0.4 is 27.3 Å². The summed E-state index contributed by atoms with van der Waals surface area (Å²) < 4.78 is 8.86. The number of rotatable bonds is 5. The SMILES string of the molecule is [B]c1c([B])c([B])c(-c2ccc(-c3nc(-c4ccccc4)nc(-c4cccc5oc6cc(-n7c8ccccc8c8ccccc87)ccc6c45)n3)cc2)c([B])c1[B]. The van der Waals surface area contributed by atoms with E-state index in [9.17, 15) is 0 Å². The van der Waals surface area contributed by atoms with E-state index in [0.717, 1.165) is 60.9 Å². The molecule has 3 aromatic heterocycles. The minimum absolute atomic E-state index is 0.172. The Balaban J connectivity index is 1.12. The molecule has 0 amide bonds. The number of hydrogen-bond donors (Lipinski definition) is 0. The van der Waals surface area contributed by atoms with Crippen LogP contribution in [0.15, 0.2) is 144 Å². The van der Waals surface area contributed by atoms with Crippen molar-refractivity contribution in [3.8, 4) is 51.0 Å². The fourth-order valence-corrected chi connectivity index (χ4v) is 7.63. The maximum Gasteiger partial charge on any atom is 0.164 e. The summed E-state index contributed by atoms with van der Waals surface area (Å²) in [6, 6.07) is 46.7. The van der Waals surface area contributed by atoms with Gasteiger partial charge in [0.2, 0.25) is 0 Å². The fourth-order valence-electron chi connectivity index (χ4n) is 7.63. The number of aromatic nitrogens is 4. The highest BCUT2D eigenvalue weighted by atomic mass is 16.3. The molecule has 0 aliphatic heterocycles. The smallest absolute Gasteiger partial charge is 0.164 e. The van der Waals surface area contributed by atoms with Crippen LogP contribution in [0.5, 0.6) is 0 Å². The van der Waals surface area contributed by atoms with Gasteiger partial charge in [-0.2, -0.15) is 0 Å². The molecule has 55 heavy (non-hydrogen) atoms. The molecule has 0 saturated heterocycles. The summed E-state index contributed by atoms with van der Waals surface area (Å²) in [6.45, 7) is 0. The van der Waals surface area contributed by atoms with E-state index in [1.54, 1.807) is 0 Å². The first kappa shape index (κ1) is 33.1. The lowest BCUT2D eigenvalue weighted by molar-refractivity contribution is 0.668. The molecule has 5 nitrogen and oxygen atoms in total. The van der Waals surface area contributed by atoms with Crippen molar-refractivity contribution in [2.24, 2.45) is 0 Å². The number of nitrogens with zero attached hydrogens (tertiary/aromatic N) is 4. The first-order valence-electron chi connectivity index (χ1n) is 17.7. The van der Waals surface area contributed by atoms with Gasteiger partial charge < -0.3 is 8.98 Å². The maximum absolute atomic E-state index is 6.58. The predicted octanol–water partition coefficient (Wildman–Crippen LogP) is 5.51. The molecule has 10 aromatic rings. The Morgan fingerprint density at radius 3 is 1.62 bits per heavy atom. The normalized spacial score (nSPS) is 11.6. The highest BCUT2D eigenvalue weighted by molar-refractivity contribution is 6.68. The number of fused-ring (bicyclic) bond motifs is 6. The second kappa shape index (κ2) is 12.8. The van der Waals surface area contributed by atoms with Crippen molar-refractivity contribution >= 4 is 110 Å². The largest absolute Gasteiger partial charge is 0.456 e. The molecular weight excluding hydrogens is 667 g/mol. The number of benzene rings is 7. The first-order chi connectivity index (χ1) is 26.9. The van der Waals surface area contributed by atoms with Crippen LogP contribution in [0.25, 0.3) is 94.7 Å². The van der Waals surface area contributed by atoms with E-state index < -0.39 is 0 Å². The van der Waals surface area contributed by atoms with Crippen molar-refractivity contribution in [3.63, 3.8) is 0 Å². The van der Waals surface area contributed by atoms with Gasteiger partial charge in [0.1, 0.15) is 50.4 Å². The fraction of sp³-hybridized carbons (Fsp3) is 0. The summed E-state index contributed by atoms with van der Waals surface area (Å²) in [6.07, 6.45) is 0. The van der Waals surface area contributed by atoms with Crippen LogP contribution in [0.1, 0.15) is 0 Å². The lowest BCUT2D eigenvalue weighted by Gasteiger charge is -2.21. The van der Waals surface area contributed by atoms with Gasteiger partial charge in [-0.1, -0.05) is 114 Å². The molecule has 10 radical (unpaired) electrons. The molecule has 0 aliphatic rings. The van der Waals surface area contributed by atoms with Gasteiger partial charge in [-0.3, -0.25) is 0 Å². The van der Waals surface area contributed by atoms with E-state index in [1.807, 2.05) is 72.8 Å². The van der Waals surface area contributed by atoms with Crippen LogP contribution in [-0.4, -0.2) is 58.8 Å². The third-order valence-corrected chi connectivity index (χ3v) is 10.4. The van der Waals surface area contributed by atoms with Gasteiger partial charge in [-0.05, 0) is 41.5 Å². The molecule has 7 aromatic carbocycles. The van der Waals surface area contributed by atoms with Crippen LogP contribution in [0.2, 0.25) is 0 Å². The van der Waals surface area contributed by atoms with Gasteiger partial charge in [0.15, 0.2) is 17.5 Å². The van der Waals surface area contributed by atoms with Crippen molar-refractivity contribution in [1.82, 2.24) is 19.5 Å². The second-order valence-electron chi connectivity index (χ2n) is 13.5. The summed E-state index contributed by atoms with van der Waals surface area (Å²) in [5, 5.41) is 4.28. The van der Waals surface area contributed by atoms with Gasteiger partial charge in [0, 0.05) is 50.0 Å². The van der Waals surface area contributed by atoms with Gasteiger partial charge in [0.25, 0.3) is 0 Å². The average Bonchev–Trinajstić information content (AvgIpc) is 3.78. The number of furan rings is 1. The van der Waals surface area contributed by atoms with E-state index >= 15 is 0 Å². The van der Waals surface area contributed by atoms with Gasteiger partial charge >= 0.3 is 0 Å². The highest BCUT2D eigenvalue weighted by Crippen LogP contribution is 2.39. The van der Waals surface area contributed by atoms with Crippen LogP contribution in [-0.2, 0) is 0 Å². The molecule has 3 heterocycles. The Labute approximate surface area is 323 Å². The Bertz CT molecular complexity index is 3070. The third kappa shape index (κ3) is 5.27. The maximum atomic E-state index is 6.58. The summed E-state index contributed by atoms with van der Waals surface area (Å²) in [7, 11) is 31.1. The quantitative estimate of drug-likeness (QED) is 0.224. The Hall–Kier alpha value is -6.53. The van der Waals surface area contributed by atoms with Crippen LogP contribution in [0.4, 0.5) is 0 Å². The molecule has 0 saturated carbocycles. The Kier molecular flexibility index (Phi) is 7.70. The van der Waals surface area contributed by atoms with E-state index in [2.05, 4.69) is 71.3 Å². The Morgan fingerprint density at radius 1 is 0.418 bits per heavy atom. The monoisotopic (exact) mass is 690 g/mol. The zero-order valence-corrected chi connectivity index (χ0v) is 29.4. The molecule has 0 spiro atoms. The zero-order chi connectivity index (χ0) is 37.4. The van der Waals surface area contributed by atoms with Crippen molar-refractivity contribution in [1.29, 1.82) is 0 Å². The standard InChI is InChI=1S/C45H23B5N4O/c46-38-36(39(47)41(49)42(50)40(38)48)24-17-19-26(20-18-24)44-51-43(25-9-2-1-3-10-25)52-45(53-44)31-13-8-16-34-37(31)30-22-21-27(23-35(30)55-34)54-32-14-6-4-11-28(32)29-12-5-7-15-33(29)54/h1-23H. The minimum Gasteiger partial charge on any atom is -0.456 e. The predicted molar refractivity (Wildman–Crippen MR) is 230 cm³/mol. The lowest BCUT2D eigenvalue weighted by Crippen LogP contribution is -2.55. The molecule has 0 unspecified atom stereocenters. The average molecular weight is 690 g/mol. The number of para-hydroxylation sites is 2. The first-order valence-corrected chi connectivity index (χ1v) is 17.7. The lowest BCUT2D eigenvalue weighted by atomic mass is 9.59. The van der Waals surface area contributed by atoms with Crippen LogP contribution in [0, 0.1) is 0 Å². The molecule has 0 aliphatic carbocycles. The highest BCUT2D eigenvalue weighted by Gasteiger charge is 2.20. The van der Waals surface area contributed by atoms with E-state index in [0.29, 0.717) is 23.0 Å². The van der Waals surface area contributed by atoms with Crippen LogP contribution in [0.3, 0.4) is 0 Å². The summed E-state index contributed by atoms with van der Waals surface area (Å²) in [5.41, 5.74) is 9.58. The minimum atomic E-state index is 0.172. The van der Waals surface area contributed by atoms with E-state index in [1.165, 1.54) is 10.8 Å². The van der Waals surface area contributed by atoms with Gasteiger partial charge in [0.05, 0.1) is 11.0 Å². The van der Waals surface area contributed by atoms with Crippen LogP contribution >= 0.6 is 0 Å². The molecule has 0 bridgehead atoms. The van der Waals surface area contributed by atoms with Crippen molar-refractivity contribution in [3.05, 3.63) is 140 Å². The third-order valence-electron chi connectivity index (χ3n) is 10.4. The zero-order valence-electron chi connectivity index (χ0n) is 29.4. The molecule has 0 N–H and O–H groups in total. The molecule has 10 heteroatoms. The van der Waals surface area contributed by atoms with Crippen molar-refractivity contribution in [2.75, 3.05) is 0 Å². The number of hydrogen-bond acceptors (Lipinski definition) is 4. The topological polar surface area (TPSA) is 56.7 Å². The van der Waals surface area contributed by atoms with Crippen molar-refractivity contribution in [2.45, 2.75) is 0 Å². The summed E-state index contributed by atoms with van der Waals surface area (Å²) in [5.74, 6) is 1.54. The summed E-state index contributed by atoms with van der Waals surface area (Å²) >= 11 is 0. The molecule has 244 valence electrons. The van der Waals surface area contributed by atoms with E-state index in [4.69, 9.17) is 58.6 Å². The Morgan fingerprint density at radius 2 is 0.964 bits per heavy atom. The molecular formula is C45H23B5N4O. The summed E-state index contributed by atoms with van der Waals surface area (Å²) in [4.78, 5) is 15.0. The van der Waals surface area contributed by atoms with Gasteiger partial charge in [-0.25, -0.2) is 15.0 Å². The molecule has 0 fully saturated rings.